The second kappa shape index (κ2) is 4.14. The van der Waals surface area contributed by atoms with E-state index in [1.54, 1.807) is 25.3 Å². The third-order valence-corrected chi connectivity index (χ3v) is 2.01. The number of ether oxygens (including phenoxy) is 1. The number of rotatable bonds is 2. The molecule has 0 aromatic carbocycles. The van der Waals surface area contributed by atoms with Gasteiger partial charge in [0.2, 0.25) is 0 Å². The normalized spacial score (nSPS) is 10.1. The second-order valence-electron chi connectivity index (χ2n) is 3.15. The maximum atomic E-state index is 11.3. The minimum atomic E-state index is -0.488. The number of hydrogen-bond donors (Lipinski definition) is 0. The van der Waals surface area contributed by atoms with Gasteiger partial charge in [0.1, 0.15) is 11.5 Å². The van der Waals surface area contributed by atoms with Gasteiger partial charge in [0.25, 0.3) is 0 Å². The summed E-state index contributed by atoms with van der Waals surface area (Å²) in [7, 11) is 1.31. The summed E-state index contributed by atoms with van der Waals surface area (Å²) in [6.07, 6.45) is 1.55. The molecular weight excluding hydrogens is 208 g/mol. The van der Waals surface area contributed by atoms with Crippen LogP contribution in [0.4, 0.5) is 0 Å². The molecule has 0 fully saturated rings. The van der Waals surface area contributed by atoms with E-state index in [1.807, 2.05) is 0 Å². The summed E-state index contributed by atoms with van der Waals surface area (Å²) in [6, 6.07) is 5.06. The Hall–Kier alpha value is -2.17. The molecule has 0 unspecified atom stereocenters. The van der Waals surface area contributed by atoms with E-state index in [0.717, 1.165) is 0 Å². The Balaban J connectivity index is 2.48. The van der Waals surface area contributed by atoms with Crippen molar-refractivity contribution >= 4 is 5.97 Å². The fraction of sp³-hybridized carbons (Fsp3) is 0.182. The fourth-order valence-corrected chi connectivity index (χ4v) is 1.33. The van der Waals surface area contributed by atoms with Crippen molar-refractivity contribution in [3.05, 3.63) is 36.0 Å². The molecule has 2 aromatic heterocycles. The second-order valence-corrected chi connectivity index (χ2v) is 3.15. The minimum Gasteiger partial charge on any atom is -0.464 e. The quantitative estimate of drug-likeness (QED) is 0.719. The van der Waals surface area contributed by atoms with Crippen molar-refractivity contribution in [1.82, 2.24) is 9.97 Å². The molecular formula is C11H10N2O3. The van der Waals surface area contributed by atoms with Crippen LogP contribution in [0.3, 0.4) is 0 Å². The predicted octanol–water partition coefficient (Wildman–Crippen LogP) is 1.83. The predicted molar refractivity (Wildman–Crippen MR) is 55.8 cm³/mol. The molecule has 0 radical (unpaired) electrons. The maximum absolute atomic E-state index is 11.3. The molecule has 82 valence electrons. The summed E-state index contributed by atoms with van der Waals surface area (Å²) in [5.74, 6) is 0.600. The smallest absolute Gasteiger partial charge is 0.356 e. The SMILES string of the molecule is COC(=O)c1cc(-c2ccco2)nc(C)n1. The van der Waals surface area contributed by atoms with E-state index in [-0.39, 0.29) is 5.69 Å². The van der Waals surface area contributed by atoms with E-state index in [1.165, 1.54) is 13.2 Å². The Morgan fingerprint density at radius 1 is 1.44 bits per heavy atom. The Morgan fingerprint density at radius 3 is 2.88 bits per heavy atom. The van der Waals surface area contributed by atoms with Crippen molar-refractivity contribution in [1.29, 1.82) is 0 Å². The van der Waals surface area contributed by atoms with Crippen LogP contribution in [0.15, 0.2) is 28.9 Å². The van der Waals surface area contributed by atoms with Crippen LogP contribution in [0, 0.1) is 6.92 Å². The van der Waals surface area contributed by atoms with E-state index in [4.69, 9.17) is 4.42 Å². The molecule has 0 amide bonds. The summed E-state index contributed by atoms with van der Waals surface area (Å²) >= 11 is 0. The van der Waals surface area contributed by atoms with Gasteiger partial charge in [-0.1, -0.05) is 0 Å². The molecule has 2 rings (SSSR count). The monoisotopic (exact) mass is 218 g/mol. The molecule has 2 aromatic rings. The third-order valence-electron chi connectivity index (χ3n) is 2.01. The van der Waals surface area contributed by atoms with E-state index < -0.39 is 5.97 Å². The van der Waals surface area contributed by atoms with Gasteiger partial charge in [0, 0.05) is 6.07 Å². The van der Waals surface area contributed by atoms with Crippen molar-refractivity contribution in [3.8, 4) is 11.5 Å². The van der Waals surface area contributed by atoms with Gasteiger partial charge < -0.3 is 9.15 Å². The number of esters is 1. The zero-order valence-electron chi connectivity index (χ0n) is 8.93. The van der Waals surface area contributed by atoms with Crippen molar-refractivity contribution in [2.75, 3.05) is 7.11 Å². The van der Waals surface area contributed by atoms with Gasteiger partial charge in [-0.05, 0) is 19.1 Å². The van der Waals surface area contributed by atoms with Gasteiger partial charge in [-0.2, -0.15) is 0 Å². The first-order valence-electron chi connectivity index (χ1n) is 4.68. The number of methoxy groups -OCH3 is 1. The zero-order chi connectivity index (χ0) is 11.5. The van der Waals surface area contributed by atoms with E-state index in [0.29, 0.717) is 17.3 Å². The average Bonchev–Trinajstić information content (AvgIpc) is 2.80. The molecule has 0 aliphatic carbocycles. The molecule has 0 aliphatic rings. The Morgan fingerprint density at radius 2 is 2.25 bits per heavy atom. The molecule has 2 heterocycles. The lowest BCUT2D eigenvalue weighted by atomic mass is 10.2. The molecule has 0 atom stereocenters. The van der Waals surface area contributed by atoms with Crippen molar-refractivity contribution in [3.63, 3.8) is 0 Å². The van der Waals surface area contributed by atoms with Crippen LogP contribution >= 0.6 is 0 Å². The molecule has 0 saturated carbocycles. The van der Waals surface area contributed by atoms with Crippen LogP contribution in [0.5, 0.6) is 0 Å². The Labute approximate surface area is 92.1 Å². The molecule has 0 bridgehead atoms. The highest BCUT2D eigenvalue weighted by atomic mass is 16.5. The van der Waals surface area contributed by atoms with Gasteiger partial charge in [-0.3, -0.25) is 0 Å². The van der Waals surface area contributed by atoms with Crippen LogP contribution in [-0.4, -0.2) is 23.0 Å². The number of carbonyl (C=O) groups excluding carboxylic acids is 1. The van der Waals surface area contributed by atoms with Crippen molar-refractivity contribution in [2.45, 2.75) is 6.92 Å². The van der Waals surface area contributed by atoms with Gasteiger partial charge in [0.15, 0.2) is 11.5 Å². The number of carbonyl (C=O) groups is 1. The number of nitrogens with zero attached hydrogens (tertiary/aromatic N) is 2. The fourth-order valence-electron chi connectivity index (χ4n) is 1.33. The van der Waals surface area contributed by atoms with Crippen molar-refractivity contribution in [2.24, 2.45) is 0 Å². The molecule has 0 spiro atoms. The Kier molecular flexibility index (Phi) is 2.68. The van der Waals surface area contributed by atoms with E-state index in [9.17, 15) is 4.79 Å². The highest BCUT2D eigenvalue weighted by Crippen LogP contribution is 2.18. The van der Waals surface area contributed by atoms with Crippen LogP contribution in [0.1, 0.15) is 16.3 Å². The van der Waals surface area contributed by atoms with Crippen LogP contribution in [-0.2, 0) is 4.74 Å². The first kappa shape index (κ1) is 10.4. The minimum absolute atomic E-state index is 0.224. The van der Waals surface area contributed by atoms with Gasteiger partial charge in [0.05, 0.1) is 13.4 Å². The topological polar surface area (TPSA) is 65.2 Å². The Bertz CT molecular complexity index is 506. The number of aryl methyl sites for hydroxylation is 1. The summed E-state index contributed by atoms with van der Waals surface area (Å²) in [5, 5.41) is 0. The number of aromatic nitrogens is 2. The van der Waals surface area contributed by atoms with Crippen LogP contribution < -0.4 is 0 Å². The molecule has 0 N–H and O–H groups in total. The molecule has 5 heteroatoms. The first-order chi connectivity index (χ1) is 7.70. The largest absolute Gasteiger partial charge is 0.464 e. The average molecular weight is 218 g/mol. The van der Waals surface area contributed by atoms with Crippen molar-refractivity contribution < 1.29 is 13.9 Å². The van der Waals surface area contributed by atoms with E-state index in [2.05, 4.69) is 14.7 Å². The van der Waals surface area contributed by atoms with E-state index >= 15 is 0 Å². The lowest BCUT2D eigenvalue weighted by Crippen LogP contribution is -2.06. The highest BCUT2D eigenvalue weighted by molar-refractivity contribution is 5.88. The van der Waals surface area contributed by atoms with Gasteiger partial charge in [-0.25, -0.2) is 14.8 Å². The number of furan rings is 1. The first-order valence-corrected chi connectivity index (χ1v) is 4.68. The third kappa shape index (κ3) is 1.93. The molecule has 0 saturated heterocycles. The lowest BCUT2D eigenvalue weighted by Gasteiger charge is -2.02. The van der Waals surface area contributed by atoms with Gasteiger partial charge >= 0.3 is 5.97 Å². The zero-order valence-corrected chi connectivity index (χ0v) is 8.93. The lowest BCUT2D eigenvalue weighted by molar-refractivity contribution is 0.0593. The number of hydrogen-bond acceptors (Lipinski definition) is 5. The van der Waals surface area contributed by atoms with Crippen LogP contribution in [0.25, 0.3) is 11.5 Å². The van der Waals surface area contributed by atoms with Crippen LogP contribution in [0.2, 0.25) is 0 Å². The standard InChI is InChI=1S/C11H10N2O3/c1-7-12-8(10-4-3-5-16-10)6-9(13-7)11(14)15-2/h3-6H,1-2H3. The van der Waals surface area contributed by atoms with Gasteiger partial charge in [-0.15, -0.1) is 0 Å². The summed E-state index contributed by atoms with van der Waals surface area (Å²) < 4.78 is 9.80. The molecule has 16 heavy (non-hydrogen) atoms. The highest BCUT2D eigenvalue weighted by Gasteiger charge is 2.12. The summed E-state index contributed by atoms with van der Waals surface area (Å²) in [4.78, 5) is 19.5. The summed E-state index contributed by atoms with van der Waals surface area (Å²) in [6.45, 7) is 1.71. The maximum Gasteiger partial charge on any atom is 0.356 e. The summed E-state index contributed by atoms with van der Waals surface area (Å²) in [5.41, 5.74) is 0.791. The molecule has 0 aliphatic heterocycles. The molecule has 5 nitrogen and oxygen atoms in total.